The number of benzene rings is 2. The molecule has 2 heterocycles. The Morgan fingerprint density at radius 2 is 1.75 bits per heavy atom. The summed E-state index contributed by atoms with van der Waals surface area (Å²) in [5, 5.41) is 3.63. The van der Waals surface area contributed by atoms with E-state index in [1.54, 1.807) is 0 Å². The summed E-state index contributed by atoms with van der Waals surface area (Å²) in [6.45, 7) is 0. The van der Waals surface area contributed by atoms with E-state index in [1.807, 2.05) is 6.20 Å². The first-order valence-corrected chi connectivity index (χ1v) is 7.51. The summed E-state index contributed by atoms with van der Waals surface area (Å²) in [7, 11) is 0. The molecule has 0 aliphatic carbocycles. The second-order valence-electron chi connectivity index (χ2n) is 4.78. The maximum Gasteiger partial charge on any atom is 0.137 e. The summed E-state index contributed by atoms with van der Waals surface area (Å²) in [5.41, 5.74) is 1.19. The van der Waals surface area contributed by atoms with Gasteiger partial charge in [-0.1, -0.05) is 24.3 Å². The zero-order chi connectivity index (χ0) is 13.5. The van der Waals surface area contributed by atoms with Crippen LogP contribution in [0.2, 0.25) is 0 Å². The van der Waals surface area contributed by atoms with E-state index < -0.39 is 0 Å². The minimum absolute atomic E-state index is 0.959. The van der Waals surface area contributed by atoms with Crippen LogP contribution in [-0.4, -0.2) is 9.55 Å². The van der Waals surface area contributed by atoms with Crippen LogP contribution in [0.1, 0.15) is 0 Å². The van der Waals surface area contributed by atoms with Crippen molar-refractivity contribution in [1.29, 1.82) is 0 Å². The first-order valence-electron chi connectivity index (χ1n) is 6.43. The Bertz CT molecular complexity index is 924. The van der Waals surface area contributed by atoms with Gasteiger partial charge >= 0.3 is 0 Å². The quantitative estimate of drug-likeness (QED) is 0.439. The molecule has 2 aromatic carbocycles. The third kappa shape index (κ3) is 1.89. The molecule has 0 spiro atoms. The highest BCUT2D eigenvalue weighted by Gasteiger charge is 2.05. The van der Waals surface area contributed by atoms with Gasteiger partial charge in [0.2, 0.25) is 0 Å². The summed E-state index contributed by atoms with van der Waals surface area (Å²) in [6.07, 6.45) is 4.02. The van der Waals surface area contributed by atoms with Gasteiger partial charge in [0.15, 0.2) is 0 Å². The number of hydrogen-bond donors (Lipinski definition) is 0. The molecule has 4 aromatic rings. The smallest absolute Gasteiger partial charge is 0.137 e. The Morgan fingerprint density at radius 3 is 2.70 bits per heavy atom. The van der Waals surface area contributed by atoms with Crippen LogP contribution < -0.4 is 0 Å². The molecule has 0 saturated carbocycles. The summed E-state index contributed by atoms with van der Waals surface area (Å²) in [4.78, 5) is 4.59. The largest absolute Gasteiger partial charge is 0.301 e. The van der Waals surface area contributed by atoms with Crippen molar-refractivity contribution in [2.45, 2.75) is 0 Å². The van der Waals surface area contributed by atoms with Crippen LogP contribution in [0.3, 0.4) is 0 Å². The van der Waals surface area contributed by atoms with Crippen molar-refractivity contribution in [3.05, 3.63) is 70.6 Å². The normalized spacial score (nSPS) is 11.2. The Balaban J connectivity index is 1.97. The highest BCUT2D eigenvalue weighted by Crippen LogP contribution is 2.23. The lowest BCUT2D eigenvalue weighted by Gasteiger charge is -2.06. The van der Waals surface area contributed by atoms with Crippen LogP contribution in [-0.2, 0) is 0 Å². The van der Waals surface area contributed by atoms with Gasteiger partial charge in [-0.15, -0.1) is 0 Å². The topological polar surface area (TPSA) is 17.8 Å². The van der Waals surface area contributed by atoms with Gasteiger partial charge in [0.1, 0.15) is 5.82 Å². The lowest BCUT2D eigenvalue weighted by atomic mass is 10.2. The minimum Gasteiger partial charge on any atom is -0.301 e. The average Bonchev–Trinajstić information content (AvgIpc) is 2.90. The number of nitrogens with zero attached hydrogens (tertiary/aromatic N) is 2. The zero-order valence-electron chi connectivity index (χ0n) is 10.6. The summed E-state index contributed by atoms with van der Waals surface area (Å²) >= 11 is 2.34. The van der Waals surface area contributed by atoms with Gasteiger partial charge in [-0.3, -0.25) is 0 Å². The van der Waals surface area contributed by atoms with Gasteiger partial charge in [0.25, 0.3) is 0 Å². The minimum atomic E-state index is 0.959. The molecule has 2 aromatic heterocycles. The van der Waals surface area contributed by atoms with E-state index in [-0.39, 0.29) is 0 Å². The highest BCUT2D eigenvalue weighted by atomic mass is 131. The van der Waals surface area contributed by atoms with Gasteiger partial charge in [-0.2, -0.15) is 0 Å². The van der Waals surface area contributed by atoms with E-state index in [2.05, 4.69) is 92.9 Å². The fourth-order valence-electron chi connectivity index (χ4n) is 2.51. The van der Waals surface area contributed by atoms with Gasteiger partial charge in [0, 0.05) is 21.4 Å². The van der Waals surface area contributed by atoms with Crippen molar-refractivity contribution in [1.82, 2.24) is 9.55 Å². The highest BCUT2D eigenvalue weighted by molar-refractivity contribution is 14.1. The maximum absolute atomic E-state index is 4.59. The standard InChI is InChI=1S/C17H11IN2/c18-15-6-5-13-11-19-17(10-14(13)9-15)20-8-7-12-3-1-2-4-16(12)20/h1-11H/i18+4. The molecule has 0 unspecified atom stereocenters. The monoisotopic (exact) mass is 374 g/mol. The molecule has 0 amide bonds. The molecular weight excluding hydrogens is 363 g/mol. The van der Waals surface area contributed by atoms with Crippen molar-refractivity contribution in [2.75, 3.05) is 0 Å². The van der Waals surface area contributed by atoms with Crippen LogP contribution in [0.4, 0.5) is 0 Å². The van der Waals surface area contributed by atoms with Gasteiger partial charge in [0.05, 0.1) is 5.52 Å². The van der Waals surface area contributed by atoms with Crippen molar-refractivity contribution >= 4 is 44.3 Å². The molecule has 0 aliphatic heterocycles. The second kappa shape index (κ2) is 4.59. The predicted molar refractivity (Wildman–Crippen MR) is 91.3 cm³/mol. The van der Waals surface area contributed by atoms with Crippen LogP contribution >= 0.6 is 22.6 Å². The van der Waals surface area contributed by atoms with E-state index >= 15 is 0 Å². The predicted octanol–water partition coefficient (Wildman–Crippen LogP) is 4.78. The number of rotatable bonds is 1. The van der Waals surface area contributed by atoms with Crippen LogP contribution in [0.25, 0.3) is 27.5 Å². The van der Waals surface area contributed by atoms with E-state index in [4.69, 9.17) is 0 Å². The Labute approximate surface area is 130 Å². The summed E-state index contributed by atoms with van der Waals surface area (Å²) in [6, 6.07) is 19.0. The van der Waals surface area contributed by atoms with Crippen LogP contribution in [0.5, 0.6) is 0 Å². The fourth-order valence-corrected chi connectivity index (χ4v) is 3.03. The number of hydrogen-bond acceptors (Lipinski definition) is 1. The number of fused-ring (bicyclic) bond motifs is 2. The molecule has 0 radical (unpaired) electrons. The Morgan fingerprint density at radius 1 is 0.850 bits per heavy atom. The molecule has 4 rings (SSSR count). The van der Waals surface area contributed by atoms with Crippen LogP contribution in [0.15, 0.2) is 67.0 Å². The number of aromatic nitrogens is 2. The average molecular weight is 374 g/mol. The summed E-state index contributed by atoms with van der Waals surface area (Å²) in [5.74, 6) is 0.959. The molecular formula is C17H11IN2. The molecule has 0 fully saturated rings. The summed E-state index contributed by atoms with van der Waals surface area (Å²) < 4.78 is 3.37. The van der Waals surface area contributed by atoms with E-state index in [0.717, 1.165) is 5.82 Å². The molecule has 0 atom stereocenters. The van der Waals surface area contributed by atoms with Gasteiger partial charge < -0.3 is 4.57 Å². The molecule has 0 N–H and O–H groups in total. The molecule has 3 heteroatoms. The lowest BCUT2D eigenvalue weighted by molar-refractivity contribution is 1.05. The number of pyridine rings is 1. The molecule has 96 valence electrons. The Kier molecular flexibility index (Phi) is 2.73. The lowest BCUT2D eigenvalue weighted by Crippen LogP contribution is -1.95. The molecule has 20 heavy (non-hydrogen) atoms. The third-order valence-electron chi connectivity index (χ3n) is 3.52. The van der Waals surface area contributed by atoms with Crippen molar-refractivity contribution in [2.24, 2.45) is 0 Å². The van der Waals surface area contributed by atoms with Crippen molar-refractivity contribution in [3.8, 4) is 5.82 Å². The van der Waals surface area contributed by atoms with E-state index in [9.17, 15) is 0 Å². The number of para-hydroxylation sites is 1. The van der Waals surface area contributed by atoms with Crippen molar-refractivity contribution < 1.29 is 0 Å². The third-order valence-corrected chi connectivity index (χ3v) is 4.19. The molecule has 0 bridgehead atoms. The molecule has 2 nitrogen and oxygen atoms in total. The van der Waals surface area contributed by atoms with Crippen molar-refractivity contribution in [3.63, 3.8) is 0 Å². The number of halogens is 1. The SMILES string of the molecule is [131I]c1ccc2cnc(-n3ccc4ccccc43)cc2c1. The first-order chi connectivity index (χ1) is 9.81. The molecule has 0 aliphatic rings. The van der Waals surface area contributed by atoms with Gasteiger partial charge in [-0.25, -0.2) is 4.98 Å². The van der Waals surface area contributed by atoms with Gasteiger partial charge in [-0.05, 0) is 63.7 Å². The Hall–Kier alpha value is -1.88. The zero-order valence-corrected chi connectivity index (χ0v) is 12.8. The van der Waals surface area contributed by atoms with Crippen LogP contribution in [0, 0.1) is 3.57 Å². The second-order valence-corrected chi connectivity index (χ2v) is 6.02. The van der Waals surface area contributed by atoms with E-state index in [1.165, 1.54) is 25.2 Å². The fraction of sp³-hybridized carbons (Fsp3) is 0. The maximum atomic E-state index is 4.59. The van der Waals surface area contributed by atoms with E-state index in [0.29, 0.717) is 0 Å². The first kappa shape index (κ1) is 11.9. The molecule has 0 saturated heterocycles.